The zero-order valence-electron chi connectivity index (χ0n) is 10.2. The Kier molecular flexibility index (Phi) is 8.20. The van der Waals surface area contributed by atoms with Crippen molar-refractivity contribution in [2.45, 2.75) is 78.0 Å². The van der Waals surface area contributed by atoms with Crippen LogP contribution in [0.5, 0.6) is 0 Å². The second kappa shape index (κ2) is 8.25. The van der Waals surface area contributed by atoms with Crippen LogP contribution in [-0.4, -0.2) is 23.3 Å². The van der Waals surface area contributed by atoms with Crippen LogP contribution in [0.3, 0.4) is 0 Å². The van der Waals surface area contributed by atoms with Crippen LogP contribution < -0.4 is 5.32 Å². The summed E-state index contributed by atoms with van der Waals surface area (Å²) in [6.07, 6.45) is 5.83. The highest BCUT2D eigenvalue weighted by atomic mass is 16.3. The molecule has 0 saturated heterocycles. The summed E-state index contributed by atoms with van der Waals surface area (Å²) in [5.74, 6) is 0. The van der Waals surface area contributed by atoms with Crippen molar-refractivity contribution >= 4 is 0 Å². The molecule has 0 saturated carbocycles. The molecule has 0 bridgehead atoms. The molecule has 0 aromatic rings. The van der Waals surface area contributed by atoms with Crippen molar-refractivity contribution in [3.63, 3.8) is 0 Å². The van der Waals surface area contributed by atoms with E-state index in [1.165, 1.54) is 25.7 Å². The molecule has 0 radical (unpaired) electrons. The molecule has 2 heteroatoms. The second-order valence-corrected chi connectivity index (χ2v) is 4.55. The highest BCUT2D eigenvalue weighted by Gasteiger charge is 2.08. The van der Waals surface area contributed by atoms with E-state index in [1.807, 2.05) is 6.92 Å². The molecule has 0 aliphatic rings. The predicted octanol–water partition coefficient (Wildman–Crippen LogP) is 2.70. The van der Waals surface area contributed by atoms with E-state index in [2.05, 4.69) is 26.1 Å². The molecule has 86 valence electrons. The Hall–Kier alpha value is -0.0800. The SMILES string of the molecule is CCCCCC(C)NC(C)CC(C)O. The van der Waals surface area contributed by atoms with Gasteiger partial charge in [0.1, 0.15) is 0 Å². The first kappa shape index (κ1) is 13.9. The lowest BCUT2D eigenvalue weighted by molar-refractivity contribution is 0.168. The van der Waals surface area contributed by atoms with Crippen molar-refractivity contribution in [3.8, 4) is 0 Å². The first-order valence-electron chi connectivity index (χ1n) is 6.00. The molecule has 3 atom stereocenters. The summed E-state index contributed by atoms with van der Waals surface area (Å²) in [4.78, 5) is 0. The van der Waals surface area contributed by atoms with Gasteiger partial charge in [-0.2, -0.15) is 0 Å². The summed E-state index contributed by atoms with van der Waals surface area (Å²) >= 11 is 0. The fourth-order valence-electron chi connectivity index (χ4n) is 1.85. The van der Waals surface area contributed by atoms with Crippen molar-refractivity contribution < 1.29 is 5.11 Å². The predicted molar refractivity (Wildman–Crippen MR) is 62.5 cm³/mol. The third-order valence-corrected chi connectivity index (χ3v) is 2.50. The maximum atomic E-state index is 9.21. The van der Waals surface area contributed by atoms with Gasteiger partial charge in [0.05, 0.1) is 6.10 Å². The molecule has 2 nitrogen and oxygen atoms in total. The molecule has 0 amide bonds. The minimum absolute atomic E-state index is 0.194. The summed E-state index contributed by atoms with van der Waals surface area (Å²) < 4.78 is 0. The summed E-state index contributed by atoms with van der Waals surface area (Å²) in [7, 11) is 0. The quantitative estimate of drug-likeness (QED) is 0.592. The molecular weight excluding hydrogens is 174 g/mol. The van der Waals surface area contributed by atoms with E-state index in [1.54, 1.807) is 0 Å². The van der Waals surface area contributed by atoms with Gasteiger partial charge in [0.25, 0.3) is 0 Å². The lowest BCUT2D eigenvalue weighted by Gasteiger charge is -2.20. The van der Waals surface area contributed by atoms with Gasteiger partial charge in [-0.05, 0) is 33.6 Å². The monoisotopic (exact) mass is 201 g/mol. The number of hydrogen-bond acceptors (Lipinski definition) is 2. The Morgan fingerprint density at radius 2 is 1.71 bits per heavy atom. The number of hydrogen-bond donors (Lipinski definition) is 2. The largest absolute Gasteiger partial charge is 0.393 e. The van der Waals surface area contributed by atoms with E-state index >= 15 is 0 Å². The van der Waals surface area contributed by atoms with Gasteiger partial charge in [0.15, 0.2) is 0 Å². The van der Waals surface area contributed by atoms with Gasteiger partial charge >= 0.3 is 0 Å². The van der Waals surface area contributed by atoms with Crippen molar-refractivity contribution in [3.05, 3.63) is 0 Å². The van der Waals surface area contributed by atoms with Gasteiger partial charge < -0.3 is 10.4 Å². The van der Waals surface area contributed by atoms with Crippen molar-refractivity contribution in [2.24, 2.45) is 0 Å². The van der Waals surface area contributed by atoms with Crippen LogP contribution in [0, 0.1) is 0 Å². The summed E-state index contributed by atoms with van der Waals surface area (Å²) in [6.45, 7) is 8.45. The zero-order valence-corrected chi connectivity index (χ0v) is 10.2. The fraction of sp³-hybridized carbons (Fsp3) is 1.00. The van der Waals surface area contributed by atoms with Crippen LogP contribution >= 0.6 is 0 Å². The summed E-state index contributed by atoms with van der Waals surface area (Å²) in [5, 5.41) is 12.7. The van der Waals surface area contributed by atoms with E-state index < -0.39 is 0 Å². The second-order valence-electron chi connectivity index (χ2n) is 4.55. The molecule has 0 fully saturated rings. The highest BCUT2D eigenvalue weighted by molar-refractivity contribution is 4.69. The van der Waals surface area contributed by atoms with Crippen molar-refractivity contribution in [2.75, 3.05) is 0 Å². The minimum Gasteiger partial charge on any atom is -0.393 e. The maximum Gasteiger partial charge on any atom is 0.0526 e. The van der Waals surface area contributed by atoms with Gasteiger partial charge in [0, 0.05) is 12.1 Å². The van der Waals surface area contributed by atoms with E-state index in [9.17, 15) is 5.11 Å². The summed E-state index contributed by atoms with van der Waals surface area (Å²) in [6, 6.07) is 1.00. The molecule has 0 heterocycles. The highest BCUT2D eigenvalue weighted by Crippen LogP contribution is 2.05. The molecular formula is C12H27NO. The molecule has 0 spiro atoms. The van der Waals surface area contributed by atoms with Crippen molar-refractivity contribution in [1.82, 2.24) is 5.32 Å². The topological polar surface area (TPSA) is 32.3 Å². The van der Waals surface area contributed by atoms with Crippen molar-refractivity contribution in [1.29, 1.82) is 0 Å². The number of nitrogens with one attached hydrogen (secondary N) is 1. The average Bonchev–Trinajstić information content (AvgIpc) is 2.02. The van der Waals surface area contributed by atoms with Crippen LogP contribution in [-0.2, 0) is 0 Å². The van der Waals surface area contributed by atoms with Crippen LogP contribution in [0.1, 0.15) is 59.8 Å². The Balaban J connectivity index is 3.44. The minimum atomic E-state index is -0.194. The Bertz CT molecular complexity index is 125. The van der Waals surface area contributed by atoms with E-state index in [0.29, 0.717) is 12.1 Å². The van der Waals surface area contributed by atoms with Crippen LogP contribution in [0.4, 0.5) is 0 Å². The fourth-order valence-corrected chi connectivity index (χ4v) is 1.85. The number of unbranched alkanes of at least 4 members (excludes halogenated alkanes) is 2. The van der Waals surface area contributed by atoms with Crippen LogP contribution in [0.15, 0.2) is 0 Å². The molecule has 0 aliphatic heterocycles. The van der Waals surface area contributed by atoms with E-state index in [4.69, 9.17) is 0 Å². The van der Waals surface area contributed by atoms with Gasteiger partial charge in [-0.1, -0.05) is 26.2 Å². The molecule has 3 unspecified atom stereocenters. The Morgan fingerprint density at radius 1 is 1.07 bits per heavy atom. The number of aliphatic hydroxyl groups excluding tert-OH is 1. The maximum absolute atomic E-state index is 9.21. The Labute approximate surface area is 89.1 Å². The van der Waals surface area contributed by atoms with Gasteiger partial charge in [-0.25, -0.2) is 0 Å². The smallest absolute Gasteiger partial charge is 0.0526 e. The molecule has 0 aromatic heterocycles. The molecule has 2 N–H and O–H groups in total. The third-order valence-electron chi connectivity index (χ3n) is 2.50. The first-order valence-corrected chi connectivity index (χ1v) is 6.00. The Morgan fingerprint density at radius 3 is 2.21 bits per heavy atom. The molecule has 0 aromatic carbocycles. The van der Waals surface area contributed by atoms with E-state index in [-0.39, 0.29) is 6.10 Å². The van der Waals surface area contributed by atoms with Crippen LogP contribution in [0.25, 0.3) is 0 Å². The third kappa shape index (κ3) is 8.52. The van der Waals surface area contributed by atoms with E-state index in [0.717, 1.165) is 6.42 Å². The zero-order chi connectivity index (χ0) is 11.0. The average molecular weight is 201 g/mol. The van der Waals surface area contributed by atoms with Crippen LogP contribution in [0.2, 0.25) is 0 Å². The number of aliphatic hydroxyl groups is 1. The van der Waals surface area contributed by atoms with Gasteiger partial charge in [-0.15, -0.1) is 0 Å². The molecule has 0 aliphatic carbocycles. The molecule has 0 rings (SSSR count). The molecule has 14 heavy (non-hydrogen) atoms. The van der Waals surface area contributed by atoms with Gasteiger partial charge in [0.2, 0.25) is 0 Å². The first-order chi connectivity index (χ1) is 6.56. The standard InChI is InChI=1S/C12H27NO/c1-5-6-7-8-10(2)13-11(3)9-12(4)14/h10-14H,5-9H2,1-4H3. The lowest BCUT2D eigenvalue weighted by Crippen LogP contribution is -2.36. The summed E-state index contributed by atoms with van der Waals surface area (Å²) in [5.41, 5.74) is 0. The lowest BCUT2D eigenvalue weighted by atomic mass is 10.1. The normalized spacial score (nSPS) is 17.8. The van der Waals surface area contributed by atoms with Gasteiger partial charge in [-0.3, -0.25) is 0 Å². The number of rotatable bonds is 8.